The van der Waals surface area contributed by atoms with Crippen LogP contribution in [0.3, 0.4) is 0 Å². The fourth-order valence-electron chi connectivity index (χ4n) is 2.35. The van der Waals surface area contributed by atoms with Gasteiger partial charge < -0.3 is 10.1 Å². The van der Waals surface area contributed by atoms with Crippen molar-refractivity contribution in [2.75, 3.05) is 12.4 Å². The summed E-state index contributed by atoms with van der Waals surface area (Å²) < 4.78 is 4.73. The molecule has 2 amide bonds. The fraction of sp³-hybridized carbons (Fsp3) is 0.0625. The second-order valence-electron chi connectivity index (χ2n) is 4.67. The predicted octanol–water partition coefficient (Wildman–Crippen LogP) is 2.10. The van der Waals surface area contributed by atoms with Crippen LogP contribution < -0.4 is 10.6 Å². The first-order valence-corrected chi connectivity index (χ1v) is 6.55. The number of amides is 2. The summed E-state index contributed by atoms with van der Waals surface area (Å²) in [6.07, 6.45) is 0. The van der Waals surface area contributed by atoms with Crippen molar-refractivity contribution in [3.63, 3.8) is 0 Å². The Balaban J connectivity index is 2.05. The van der Waals surface area contributed by atoms with E-state index >= 15 is 0 Å². The van der Waals surface area contributed by atoms with Gasteiger partial charge in [0.05, 0.1) is 35.2 Å². The first-order valence-electron chi connectivity index (χ1n) is 6.55. The van der Waals surface area contributed by atoms with Gasteiger partial charge in [0.15, 0.2) is 0 Å². The number of carbonyl (C=O) groups is 3. The summed E-state index contributed by atoms with van der Waals surface area (Å²) in [4.78, 5) is 35.3. The molecule has 0 aromatic heterocycles. The molecule has 3 rings (SSSR count). The number of methoxy groups -OCH3 is 1. The largest absolute Gasteiger partial charge is 0.465 e. The molecule has 0 spiro atoms. The average Bonchev–Trinajstić information content (AvgIpc) is 2.83. The van der Waals surface area contributed by atoms with Crippen LogP contribution in [-0.4, -0.2) is 24.9 Å². The number of ether oxygens (including phenoxy) is 1. The third-order valence-corrected chi connectivity index (χ3v) is 3.36. The summed E-state index contributed by atoms with van der Waals surface area (Å²) in [5.74, 6) is -1.38. The van der Waals surface area contributed by atoms with Crippen LogP contribution in [-0.2, 0) is 4.74 Å². The van der Waals surface area contributed by atoms with E-state index in [2.05, 4.69) is 10.6 Å². The Labute approximate surface area is 126 Å². The number of rotatable bonds is 3. The van der Waals surface area contributed by atoms with E-state index < -0.39 is 17.8 Å². The second-order valence-corrected chi connectivity index (χ2v) is 4.67. The Morgan fingerprint density at radius 3 is 2.50 bits per heavy atom. The molecule has 0 bridgehead atoms. The molecule has 0 aliphatic carbocycles. The molecule has 6 heteroatoms. The van der Waals surface area contributed by atoms with Crippen molar-refractivity contribution >= 4 is 29.2 Å². The lowest BCUT2D eigenvalue weighted by atomic mass is 10.1. The molecule has 6 nitrogen and oxygen atoms in total. The number of anilines is 2. The van der Waals surface area contributed by atoms with Gasteiger partial charge in [-0.3, -0.25) is 14.9 Å². The summed E-state index contributed by atoms with van der Waals surface area (Å²) in [5.41, 5.74) is 1.87. The van der Waals surface area contributed by atoms with E-state index in [1.165, 1.54) is 7.11 Å². The number of benzene rings is 2. The fourth-order valence-corrected chi connectivity index (χ4v) is 2.35. The van der Waals surface area contributed by atoms with Crippen molar-refractivity contribution in [2.45, 2.75) is 0 Å². The van der Waals surface area contributed by atoms with E-state index in [4.69, 9.17) is 4.74 Å². The minimum absolute atomic E-state index is 0.271. The number of imide groups is 1. The minimum Gasteiger partial charge on any atom is -0.465 e. The van der Waals surface area contributed by atoms with Gasteiger partial charge in [-0.25, -0.2) is 4.79 Å². The Hall–Kier alpha value is -3.15. The highest BCUT2D eigenvalue weighted by atomic mass is 16.5. The summed E-state index contributed by atoms with van der Waals surface area (Å²) in [7, 11) is 1.30. The van der Waals surface area contributed by atoms with Gasteiger partial charge in [-0.1, -0.05) is 18.2 Å². The highest BCUT2D eigenvalue weighted by molar-refractivity contribution is 6.24. The van der Waals surface area contributed by atoms with Gasteiger partial charge in [0, 0.05) is 0 Å². The van der Waals surface area contributed by atoms with E-state index in [-0.39, 0.29) is 5.56 Å². The lowest BCUT2D eigenvalue weighted by Gasteiger charge is -2.12. The van der Waals surface area contributed by atoms with Gasteiger partial charge in [0.1, 0.15) is 0 Å². The number of para-hydroxylation sites is 1. The molecule has 0 saturated carbocycles. The van der Waals surface area contributed by atoms with Crippen molar-refractivity contribution in [1.82, 2.24) is 5.32 Å². The van der Waals surface area contributed by atoms with E-state index in [0.717, 1.165) is 0 Å². The number of hydrogen-bond acceptors (Lipinski definition) is 5. The Morgan fingerprint density at radius 2 is 1.73 bits per heavy atom. The van der Waals surface area contributed by atoms with Crippen molar-refractivity contribution in [2.24, 2.45) is 0 Å². The monoisotopic (exact) mass is 296 g/mol. The van der Waals surface area contributed by atoms with Crippen LogP contribution in [0.5, 0.6) is 0 Å². The summed E-state index contributed by atoms with van der Waals surface area (Å²) in [5, 5.41) is 5.27. The Morgan fingerprint density at radius 1 is 1.00 bits per heavy atom. The zero-order valence-electron chi connectivity index (χ0n) is 11.7. The summed E-state index contributed by atoms with van der Waals surface area (Å²) in [6.45, 7) is 0. The summed E-state index contributed by atoms with van der Waals surface area (Å²) >= 11 is 0. The third kappa shape index (κ3) is 2.20. The zero-order chi connectivity index (χ0) is 15.7. The van der Waals surface area contributed by atoms with Gasteiger partial charge in [0.25, 0.3) is 11.8 Å². The molecule has 1 heterocycles. The molecule has 2 aromatic carbocycles. The van der Waals surface area contributed by atoms with Crippen LogP contribution in [0.25, 0.3) is 0 Å². The third-order valence-electron chi connectivity index (χ3n) is 3.36. The van der Waals surface area contributed by atoms with Crippen LogP contribution in [0.2, 0.25) is 0 Å². The first kappa shape index (κ1) is 13.8. The van der Waals surface area contributed by atoms with Crippen LogP contribution in [0, 0.1) is 0 Å². The Bertz CT molecular complexity index is 798. The van der Waals surface area contributed by atoms with Crippen molar-refractivity contribution in [1.29, 1.82) is 0 Å². The lowest BCUT2D eigenvalue weighted by Crippen LogP contribution is -2.20. The smallest absolute Gasteiger partial charge is 0.339 e. The van der Waals surface area contributed by atoms with Crippen LogP contribution in [0.15, 0.2) is 42.5 Å². The standard InChI is InChI=1S/C16H12N2O4/c1-22-16(21)9-5-2-3-7-11(9)17-12-8-4-6-10-13(12)15(20)18-14(10)19/h2-8,17H,1H3,(H,18,19,20). The van der Waals surface area contributed by atoms with Gasteiger partial charge >= 0.3 is 5.97 Å². The molecule has 22 heavy (non-hydrogen) atoms. The van der Waals surface area contributed by atoms with Crippen molar-refractivity contribution < 1.29 is 19.1 Å². The number of fused-ring (bicyclic) bond motifs is 1. The highest BCUT2D eigenvalue weighted by Gasteiger charge is 2.29. The maximum absolute atomic E-state index is 11.9. The van der Waals surface area contributed by atoms with E-state index in [1.807, 2.05) is 0 Å². The molecule has 110 valence electrons. The first-order chi connectivity index (χ1) is 10.6. The molecule has 2 aromatic rings. The normalized spacial score (nSPS) is 12.6. The SMILES string of the molecule is COC(=O)c1ccccc1Nc1cccc2c1C(=O)NC2=O. The van der Waals surface area contributed by atoms with E-state index in [0.29, 0.717) is 22.5 Å². The van der Waals surface area contributed by atoms with Gasteiger partial charge in [-0.05, 0) is 24.3 Å². The predicted molar refractivity (Wildman–Crippen MR) is 79.3 cm³/mol. The highest BCUT2D eigenvalue weighted by Crippen LogP contribution is 2.28. The van der Waals surface area contributed by atoms with Crippen LogP contribution in [0.1, 0.15) is 31.1 Å². The lowest BCUT2D eigenvalue weighted by molar-refractivity contribution is 0.0601. The zero-order valence-corrected chi connectivity index (χ0v) is 11.7. The molecule has 1 aliphatic heterocycles. The second kappa shape index (κ2) is 5.33. The van der Waals surface area contributed by atoms with Gasteiger partial charge in [-0.2, -0.15) is 0 Å². The van der Waals surface area contributed by atoms with Gasteiger partial charge in [0.2, 0.25) is 0 Å². The molecule has 1 aliphatic rings. The molecule has 0 saturated heterocycles. The van der Waals surface area contributed by atoms with Crippen molar-refractivity contribution in [3.8, 4) is 0 Å². The van der Waals surface area contributed by atoms with Crippen LogP contribution >= 0.6 is 0 Å². The average molecular weight is 296 g/mol. The number of hydrogen-bond donors (Lipinski definition) is 2. The number of nitrogens with one attached hydrogen (secondary N) is 2. The molecule has 0 fully saturated rings. The molecule has 0 unspecified atom stereocenters. The molecule has 2 N–H and O–H groups in total. The maximum atomic E-state index is 11.9. The van der Waals surface area contributed by atoms with E-state index in [1.54, 1.807) is 42.5 Å². The number of carbonyl (C=O) groups excluding carboxylic acids is 3. The molecular formula is C16H12N2O4. The summed E-state index contributed by atoms with van der Waals surface area (Å²) in [6, 6.07) is 11.7. The quantitative estimate of drug-likeness (QED) is 0.669. The van der Waals surface area contributed by atoms with Crippen LogP contribution in [0.4, 0.5) is 11.4 Å². The number of esters is 1. The van der Waals surface area contributed by atoms with Gasteiger partial charge in [-0.15, -0.1) is 0 Å². The molecule has 0 radical (unpaired) electrons. The minimum atomic E-state index is -0.490. The van der Waals surface area contributed by atoms with Crippen molar-refractivity contribution in [3.05, 3.63) is 59.2 Å². The van der Waals surface area contributed by atoms with E-state index in [9.17, 15) is 14.4 Å². The topological polar surface area (TPSA) is 84.5 Å². The Kier molecular flexibility index (Phi) is 3.34. The molecule has 0 atom stereocenters. The molecular weight excluding hydrogens is 284 g/mol. The maximum Gasteiger partial charge on any atom is 0.339 e.